The van der Waals surface area contributed by atoms with Crippen molar-refractivity contribution in [3.05, 3.63) is 64.9 Å². The van der Waals surface area contributed by atoms with Gasteiger partial charge in [-0.1, -0.05) is 37.6 Å². The molecule has 1 aromatic heterocycles. The average Bonchev–Trinajstić information content (AvgIpc) is 2.98. The number of hydrogen-bond acceptors (Lipinski definition) is 2. The van der Waals surface area contributed by atoms with E-state index in [1.165, 1.54) is 0 Å². The minimum absolute atomic E-state index is 0.0488. The standard InChI is InChI=1S/C21H24ClN3O/c1-14(2)10-15(3)24-21(26)17-6-9-20-19(11-17)23-13-25(20)12-16-4-7-18(22)8-5-16/h4-9,11,13-15H,10,12H2,1-3H3,(H,24,26). The third-order valence-corrected chi connectivity index (χ3v) is 4.60. The Hall–Kier alpha value is -2.33. The number of imidazole rings is 1. The molecule has 0 spiro atoms. The molecule has 0 bridgehead atoms. The molecule has 0 saturated carbocycles. The van der Waals surface area contributed by atoms with Crippen molar-refractivity contribution in [2.45, 2.75) is 39.8 Å². The SMILES string of the molecule is CC(C)CC(C)NC(=O)c1ccc2c(c1)ncn2Cc1ccc(Cl)cc1. The Balaban J connectivity index is 1.76. The van der Waals surface area contributed by atoms with Gasteiger partial charge in [0.25, 0.3) is 5.91 Å². The number of aromatic nitrogens is 2. The Morgan fingerprint density at radius 1 is 1.15 bits per heavy atom. The summed E-state index contributed by atoms with van der Waals surface area (Å²) in [5.74, 6) is 0.503. The van der Waals surface area contributed by atoms with E-state index in [4.69, 9.17) is 11.6 Å². The zero-order chi connectivity index (χ0) is 18.7. The highest BCUT2D eigenvalue weighted by Crippen LogP contribution is 2.18. The van der Waals surface area contributed by atoms with Crippen molar-refractivity contribution in [1.82, 2.24) is 14.9 Å². The first kappa shape index (κ1) is 18.5. The first-order valence-corrected chi connectivity index (χ1v) is 9.30. The van der Waals surface area contributed by atoms with Crippen molar-refractivity contribution in [1.29, 1.82) is 0 Å². The highest BCUT2D eigenvalue weighted by atomic mass is 35.5. The Morgan fingerprint density at radius 2 is 1.88 bits per heavy atom. The molecule has 1 heterocycles. The lowest BCUT2D eigenvalue weighted by Gasteiger charge is -2.16. The summed E-state index contributed by atoms with van der Waals surface area (Å²) in [6.07, 6.45) is 2.77. The zero-order valence-corrected chi connectivity index (χ0v) is 16.1. The fourth-order valence-electron chi connectivity index (χ4n) is 3.19. The molecule has 2 aromatic carbocycles. The second-order valence-corrected chi connectivity index (χ2v) is 7.64. The zero-order valence-electron chi connectivity index (χ0n) is 15.4. The third kappa shape index (κ3) is 4.44. The first-order chi connectivity index (χ1) is 12.4. The summed E-state index contributed by atoms with van der Waals surface area (Å²) in [7, 11) is 0. The molecule has 0 aliphatic carbocycles. The van der Waals surface area contributed by atoms with E-state index >= 15 is 0 Å². The van der Waals surface area contributed by atoms with Crippen LogP contribution >= 0.6 is 11.6 Å². The molecule has 1 amide bonds. The lowest BCUT2D eigenvalue weighted by Crippen LogP contribution is -2.33. The van der Waals surface area contributed by atoms with Gasteiger partial charge in [-0.3, -0.25) is 4.79 Å². The van der Waals surface area contributed by atoms with Crippen molar-refractivity contribution in [2.75, 3.05) is 0 Å². The van der Waals surface area contributed by atoms with Crippen molar-refractivity contribution >= 4 is 28.5 Å². The lowest BCUT2D eigenvalue weighted by molar-refractivity contribution is 0.0936. The third-order valence-electron chi connectivity index (χ3n) is 4.35. The summed E-state index contributed by atoms with van der Waals surface area (Å²) >= 11 is 5.94. The monoisotopic (exact) mass is 369 g/mol. The van der Waals surface area contributed by atoms with Gasteiger partial charge in [0.15, 0.2) is 0 Å². The van der Waals surface area contributed by atoms with Crippen molar-refractivity contribution in [2.24, 2.45) is 5.92 Å². The van der Waals surface area contributed by atoms with E-state index in [-0.39, 0.29) is 11.9 Å². The first-order valence-electron chi connectivity index (χ1n) is 8.92. The molecule has 0 radical (unpaired) electrons. The fourth-order valence-corrected chi connectivity index (χ4v) is 3.32. The summed E-state index contributed by atoms with van der Waals surface area (Å²) < 4.78 is 2.07. The summed E-state index contributed by atoms with van der Waals surface area (Å²) in [5, 5.41) is 3.79. The van der Waals surface area contributed by atoms with Crippen LogP contribution in [0, 0.1) is 5.92 Å². The van der Waals surface area contributed by atoms with Crippen LogP contribution in [0.4, 0.5) is 0 Å². The van der Waals surface area contributed by atoms with E-state index in [0.717, 1.165) is 28.0 Å². The number of halogens is 1. The Labute approximate surface area is 159 Å². The number of benzene rings is 2. The van der Waals surface area contributed by atoms with E-state index in [2.05, 4.69) is 28.7 Å². The molecule has 0 fully saturated rings. The van der Waals surface area contributed by atoms with Crippen LogP contribution in [0.15, 0.2) is 48.8 Å². The van der Waals surface area contributed by atoms with Crippen LogP contribution in [0.5, 0.6) is 0 Å². The average molecular weight is 370 g/mol. The molecule has 26 heavy (non-hydrogen) atoms. The maximum Gasteiger partial charge on any atom is 0.251 e. The molecule has 1 N–H and O–H groups in total. The molecule has 3 aromatic rings. The second kappa shape index (κ2) is 7.92. The molecule has 1 atom stereocenters. The lowest BCUT2D eigenvalue weighted by atomic mass is 10.0. The van der Waals surface area contributed by atoms with Crippen molar-refractivity contribution < 1.29 is 4.79 Å². The van der Waals surface area contributed by atoms with Crippen LogP contribution in [0.3, 0.4) is 0 Å². The van der Waals surface area contributed by atoms with Gasteiger partial charge in [-0.2, -0.15) is 0 Å². The molecule has 5 heteroatoms. The van der Waals surface area contributed by atoms with Crippen LogP contribution in [0.25, 0.3) is 11.0 Å². The second-order valence-electron chi connectivity index (χ2n) is 7.21. The maximum atomic E-state index is 12.5. The van der Waals surface area contributed by atoms with E-state index < -0.39 is 0 Å². The highest BCUT2D eigenvalue weighted by molar-refractivity contribution is 6.30. The molecular weight excluding hydrogens is 346 g/mol. The van der Waals surface area contributed by atoms with Gasteiger partial charge in [-0.15, -0.1) is 0 Å². The number of fused-ring (bicyclic) bond motifs is 1. The van der Waals surface area contributed by atoms with Gasteiger partial charge >= 0.3 is 0 Å². The van der Waals surface area contributed by atoms with E-state index in [0.29, 0.717) is 18.0 Å². The summed E-state index contributed by atoms with van der Waals surface area (Å²) in [4.78, 5) is 16.9. The predicted octanol–water partition coefficient (Wildman–Crippen LogP) is 4.90. The number of carbonyl (C=O) groups is 1. The maximum absolute atomic E-state index is 12.5. The van der Waals surface area contributed by atoms with Gasteiger partial charge in [-0.25, -0.2) is 4.98 Å². The van der Waals surface area contributed by atoms with Gasteiger partial charge in [0, 0.05) is 23.2 Å². The van der Waals surface area contributed by atoms with Crippen molar-refractivity contribution in [3.63, 3.8) is 0 Å². The number of amides is 1. The fraction of sp³-hybridized carbons (Fsp3) is 0.333. The number of carbonyl (C=O) groups excluding carboxylic acids is 1. The molecule has 0 saturated heterocycles. The van der Waals surface area contributed by atoms with Gasteiger partial charge in [-0.05, 0) is 55.2 Å². The number of hydrogen-bond donors (Lipinski definition) is 1. The predicted molar refractivity (Wildman–Crippen MR) is 107 cm³/mol. The Kier molecular flexibility index (Phi) is 5.62. The number of nitrogens with one attached hydrogen (secondary N) is 1. The van der Waals surface area contributed by atoms with Gasteiger partial charge < -0.3 is 9.88 Å². The number of nitrogens with zero attached hydrogens (tertiary/aromatic N) is 2. The van der Waals surface area contributed by atoms with Crippen molar-refractivity contribution in [3.8, 4) is 0 Å². The Bertz CT molecular complexity index is 899. The molecule has 136 valence electrons. The molecule has 0 aliphatic rings. The van der Waals surface area contributed by atoms with Crippen LogP contribution in [-0.2, 0) is 6.54 Å². The van der Waals surface area contributed by atoms with Crippen LogP contribution in [0.1, 0.15) is 43.1 Å². The van der Waals surface area contributed by atoms with E-state index in [1.54, 1.807) is 0 Å². The highest BCUT2D eigenvalue weighted by Gasteiger charge is 2.13. The smallest absolute Gasteiger partial charge is 0.251 e. The van der Waals surface area contributed by atoms with Crippen LogP contribution in [-0.4, -0.2) is 21.5 Å². The van der Waals surface area contributed by atoms with E-state index in [1.807, 2.05) is 55.7 Å². The topological polar surface area (TPSA) is 46.9 Å². The molecule has 3 rings (SSSR count). The molecule has 0 aliphatic heterocycles. The summed E-state index contributed by atoms with van der Waals surface area (Å²) in [6, 6.07) is 13.6. The quantitative estimate of drug-likeness (QED) is 0.671. The number of rotatable bonds is 6. The largest absolute Gasteiger partial charge is 0.350 e. The Morgan fingerprint density at radius 3 is 2.58 bits per heavy atom. The summed E-state index contributed by atoms with van der Waals surface area (Å²) in [5.41, 5.74) is 3.62. The minimum atomic E-state index is -0.0488. The normalized spacial score (nSPS) is 12.5. The minimum Gasteiger partial charge on any atom is -0.350 e. The van der Waals surface area contributed by atoms with Gasteiger partial charge in [0.05, 0.1) is 17.4 Å². The van der Waals surface area contributed by atoms with Gasteiger partial charge in [0.2, 0.25) is 0 Å². The molecule has 1 unspecified atom stereocenters. The van der Waals surface area contributed by atoms with E-state index in [9.17, 15) is 4.79 Å². The molecular formula is C21H24ClN3O. The molecule has 4 nitrogen and oxygen atoms in total. The van der Waals surface area contributed by atoms with Crippen LogP contribution < -0.4 is 5.32 Å². The summed E-state index contributed by atoms with van der Waals surface area (Å²) in [6.45, 7) is 7.06. The van der Waals surface area contributed by atoms with Crippen LogP contribution in [0.2, 0.25) is 5.02 Å². The van der Waals surface area contributed by atoms with Gasteiger partial charge in [0.1, 0.15) is 0 Å².